The van der Waals surface area contributed by atoms with Crippen molar-refractivity contribution in [2.45, 2.75) is 12.1 Å². The minimum absolute atomic E-state index is 0.390. The van der Waals surface area contributed by atoms with Crippen LogP contribution in [0.4, 0.5) is 0 Å². The maximum absolute atomic E-state index is 6.06. The Morgan fingerprint density at radius 1 is 0.591 bits per heavy atom. The molecule has 0 radical (unpaired) electrons. The zero-order valence-electron chi connectivity index (χ0n) is 12.3. The average Bonchev–Trinajstić information content (AvgIpc) is 2.57. The highest BCUT2D eigenvalue weighted by molar-refractivity contribution is 6.30. The van der Waals surface area contributed by atoms with Gasteiger partial charge in [0.1, 0.15) is 0 Å². The lowest BCUT2D eigenvalue weighted by Gasteiger charge is -2.53. The summed E-state index contributed by atoms with van der Waals surface area (Å²) in [7, 11) is 0. The van der Waals surface area contributed by atoms with Crippen molar-refractivity contribution < 1.29 is 0 Å². The number of piperazine rings is 3. The molecule has 22 heavy (non-hydrogen) atoms. The summed E-state index contributed by atoms with van der Waals surface area (Å²) < 4.78 is 0. The Morgan fingerprint density at radius 2 is 0.909 bits per heavy atom. The number of benzene rings is 2. The zero-order chi connectivity index (χ0) is 15.1. The highest BCUT2D eigenvalue weighted by Crippen LogP contribution is 2.44. The van der Waals surface area contributed by atoms with Gasteiger partial charge in [0, 0.05) is 36.2 Å². The third-order valence-corrected chi connectivity index (χ3v) is 5.36. The van der Waals surface area contributed by atoms with Gasteiger partial charge in [0.15, 0.2) is 0 Å². The maximum atomic E-state index is 6.06. The van der Waals surface area contributed by atoms with Crippen LogP contribution in [0.25, 0.3) is 0 Å². The van der Waals surface area contributed by atoms with Crippen molar-refractivity contribution in [1.29, 1.82) is 0 Å². The van der Waals surface area contributed by atoms with Gasteiger partial charge in [0.2, 0.25) is 0 Å². The van der Waals surface area contributed by atoms with Gasteiger partial charge in [-0.2, -0.15) is 0 Å². The molecule has 2 atom stereocenters. The van der Waals surface area contributed by atoms with Crippen LogP contribution in [0.3, 0.4) is 0 Å². The Hall–Kier alpha value is -1.06. The lowest BCUT2D eigenvalue weighted by Crippen LogP contribution is -2.58. The Labute approximate surface area is 141 Å². The highest BCUT2D eigenvalue weighted by Gasteiger charge is 2.41. The summed E-state index contributed by atoms with van der Waals surface area (Å²) >= 11 is 12.1. The molecule has 2 aromatic carbocycles. The standard InChI is InChI=1S/C18H18Cl2N2/c19-15-5-1-13(2-6-15)17-18(14-3-7-16(20)8-4-14)22-11-9-21(17)10-12-22/h1-8,17-18H,9-12H2/t17-,18-/m0/s1. The van der Waals surface area contributed by atoms with Crippen LogP contribution >= 0.6 is 23.2 Å². The van der Waals surface area contributed by atoms with Crippen molar-refractivity contribution in [2.24, 2.45) is 0 Å². The molecule has 3 saturated heterocycles. The predicted molar refractivity (Wildman–Crippen MR) is 91.5 cm³/mol. The Kier molecular flexibility index (Phi) is 3.87. The Bertz CT molecular complexity index is 586. The van der Waals surface area contributed by atoms with Crippen LogP contribution in [0.15, 0.2) is 48.5 Å². The molecule has 0 saturated carbocycles. The van der Waals surface area contributed by atoms with Crippen molar-refractivity contribution >= 4 is 23.2 Å². The molecule has 3 heterocycles. The molecule has 0 aromatic heterocycles. The van der Waals surface area contributed by atoms with Crippen LogP contribution in [0.5, 0.6) is 0 Å². The fourth-order valence-corrected chi connectivity index (χ4v) is 4.05. The number of rotatable bonds is 2. The van der Waals surface area contributed by atoms with Gasteiger partial charge < -0.3 is 0 Å². The van der Waals surface area contributed by atoms with E-state index in [-0.39, 0.29) is 0 Å². The van der Waals surface area contributed by atoms with Gasteiger partial charge in [-0.15, -0.1) is 0 Å². The summed E-state index contributed by atoms with van der Waals surface area (Å²) in [5.41, 5.74) is 2.68. The number of halogens is 2. The highest BCUT2D eigenvalue weighted by atomic mass is 35.5. The smallest absolute Gasteiger partial charge is 0.0546 e. The van der Waals surface area contributed by atoms with E-state index >= 15 is 0 Å². The van der Waals surface area contributed by atoms with Crippen molar-refractivity contribution in [1.82, 2.24) is 9.80 Å². The fraction of sp³-hybridized carbons (Fsp3) is 0.333. The van der Waals surface area contributed by atoms with E-state index in [1.165, 1.54) is 11.1 Å². The lowest BCUT2D eigenvalue weighted by molar-refractivity contribution is -0.0405. The Balaban J connectivity index is 1.75. The van der Waals surface area contributed by atoms with Crippen LogP contribution in [0.1, 0.15) is 23.2 Å². The molecule has 0 N–H and O–H groups in total. The first kappa shape index (κ1) is 14.5. The molecular formula is C18H18Cl2N2. The number of hydrogen-bond acceptors (Lipinski definition) is 2. The molecule has 4 heteroatoms. The van der Waals surface area contributed by atoms with Crippen LogP contribution in [-0.2, 0) is 0 Å². The van der Waals surface area contributed by atoms with E-state index in [1.807, 2.05) is 24.3 Å². The van der Waals surface area contributed by atoms with Gasteiger partial charge in [-0.3, -0.25) is 9.80 Å². The summed E-state index contributed by atoms with van der Waals surface area (Å²) in [6.07, 6.45) is 0. The van der Waals surface area contributed by atoms with Gasteiger partial charge in [-0.05, 0) is 35.4 Å². The molecule has 0 amide bonds. The largest absolute Gasteiger partial charge is 0.292 e. The molecule has 2 aromatic rings. The van der Waals surface area contributed by atoms with E-state index in [4.69, 9.17) is 23.2 Å². The second-order valence-electron chi connectivity index (χ2n) is 6.06. The summed E-state index contributed by atoms with van der Waals surface area (Å²) in [6, 6.07) is 17.4. The summed E-state index contributed by atoms with van der Waals surface area (Å²) in [4.78, 5) is 5.20. The normalized spacial score (nSPS) is 30.5. The van der Waals surface area contributed by atoms with E-state index in [0.29, 0.717) is 12.1 Å². The minimum Gasteiger partial charge on any atom is -0.292 e. The van der Waals surface area contributed by atoms with E-state index in [0.717, 1.165) is 36.2 Å². The minimum atomic E-state index is 0.390. The lowest BCUT2D eigenvalue weighted by atomic mass is 9.86. The molecule has 0 spiro atoms. The number of hydrogen-bond donors (Lipinski definition) is 0. The SMILES string of the molecule is Clc1ccc([C@H]2[C@H](c3ccc(Cl)cc3)N3CCN2CC3)cc1. The quantitative estimate of drug-likeness (QED) is 0.803. The molecule has 0 aliphatic carbocycles. The maximum Gasteiger partial charge on any atom is 0.0546 e. The van der Waals surface area contributed by atoms with E-state index < -0.39 is 0 Å². The van der Waals surface area contributed by atoms with Gasteiger partial charge in [-0.25, -0.2) is 0 Å². The van der Waals surface area contributed by atoms with Gasteiger partial charge in [0.05, 0.1) is 12.1 Å². The summed E-state index contributed by atoms with van der Waals surface area (Å²) in [6.45, 7) is 4.55. The van der Waals surface area contributed by atoms with Crippen molar-refractivity contribution in [3.63, 3.8) is 0 Å². The first-order valence-electron chi connectivity index (χ1n) is 7.71. The zero-order valence-corrected chi connectivity index (χ0v) is 13.8. The summed E-state index contributed by atoms with van der Waals surface area (Å²) in [5, 5.41) is 1.59. The third kappa shape index (κ3) is 2.55. The van der Waals surface area contributed by atoms with Gasteiger partial charge in [-0.1, -0.05) is 47.5 Å². The van der Waals surface area contributed by atoms with E-state index in [2.05, 4.69) is 34.1 Å². The molecule has 2 bridgehead atoms. The van der Waals surface area contributed by atoms with Crippen LogP contribution in [0.2, 0.25) is 10.0 Å². The predicted octanol–water partition coefficient (Wildman–Crippen LogP) is 4.41. The van der Waals surface area contributed by atoms with Gasteiger partial charge >= 0.3 is 0 Å². The number of nitrogens with zero attached hydrogens (tertiary/aromatic N) is 2. The second kappa shape index (κ2) is 5.86. The molecule has 5 rings (SSSR count). The average molecular weight is 333 g/mol. The van der Waals surface area contributed by atoms with Crippen LogP contribution in [-0.4, -0.2) is 36.0 Å². The molecule has 114 valence electrons. The molecule has 3 aliphatic heterocycles. The van der Waals surface area contributed by atoms with Gasteiger partial charge in [0.25, 0.3) is 0 Å². The third-order valence-electron chi connectivity index (χ3n) is 4.86. The topological polar surface area (TPSA) is 6.48 Å². The van der Waals surface area contributed by atoms with Crippen LogP contribution < -0.4 is 0 Å². The first-order valence-corrected chi connectivity index (χ1v) is 8.47. The number of fused-ring (bicyclic) bond motifs is 3. The second-order valence-corrected chi connectivity index (χ2v) is 6.94. The van der Waals surface area contributed by atoms with Crippen molar-refractivity contribution in [3.8, 4) is 0 Å². The molecule has 3 fully saturated rings. The monoisotopic (exact) mass is 332 g/mol. The molecule has 0 unspecified atom stereocenters. The summed E-state index contributed by atoms with van der Waals surface area (Å²) in [5.74, 6) is 0. The molecule has 3 aliphatic rings. The molecule has 2 nitrogen and oxygen atoms in total. The van der Waals surface area contributed by atoms with Crippen molar-refractivity contribution in [2.75, 3.05) is 26.2 Å². The van der Waals surface area contributed by atoms with E-state index in [9.17, 15) is 0 Å². The van der Waals surface area contributed by atoms with Crippen molar-refractivity contribution in [3.05, 3.63) is 69.7 Å². The van der Waals surface area contributed by atoms with E-state index in [1.54, 1.807) is 0 Å². The van der Waals surface area contributed by atoms with Crippen LogP contribution in [0, 0.1) is 0 Å². The Morgan fingerprint density at radius 3 is 1.23 bits per heavy atom. The first-order chi connectivity index (χ1) is 10.7. The fourth-order valence-electron chi connectivity index (χ4n) is 3.80. The molecular weight excluding hydrogens is 315 g/mol.